The lowest BCUT2D eigenvalue weighted by Gasteiger charge is -2.18. The van der Waals surface area contributed by atoms with Gasteiger partial charge < -0.3 is 5.32 Å². The molecule has 144 valence electrons. The van der Waals surface area contributed by atoms with Gasteiger partial charge in [0.25, 0.3) is 0 Å². The fourth-order valence-electron chi connectivity index (χ4n) is 3.03. The van der Waals surface area contributed by atoms with Crippen LogP contribution in [0, 0.1) is 5.82 Å². The molecule has 0 fully saturated rings. The number of sulfonamides is 1. The van der Waals surface area contributed by atoms with Gasteiger partial charge in [-0.05, 0) is 47.9 Å². The second-order valence-corrected chi connectivity index (χ2v) is 8.16. The third kappa shape index (κ3) is 3.67. The Bertz CT molecular complexity index is 1130. The van der Waals surface area contributed by atoms with Crippen molar-refractivity contribution in [2.24, 2.45) is 0 Å². The van der Waals surface area contributed by atoms with E-state index < -0.39 is 20.7 Å². The summed E-state index contributed by atoms with van der Waals surface area (Å²) in [4.78, 5) is 11.0. The van der Waals surface area contributed by atoms with Gasteiger partial charge in [0.1, 0.15) is 10.7 Å². The van der Waals surface area contributed by atoms with Crippen molar-refractivity contribution in [2.75, 3.05) is 5.32 Å². The number of carbonyl (C=O) groups excluding carboxylic acids is 1. The lowest BCUT2D eigenvalue weighted by Crippen LogP contribution is -2.25. The van der Waals surface area contributed by atoms with Gasteiger partial charge in [0.15, 0.2) is 0 Å². The van der Waals surface area contributed by atoms with Crippen molar-refractivity contribution < 1.29 is 17.6 Å². The minimum Gasteiger partial charge on any atom is -0.326 e. The van der Waals surface area contributed by atoms with Crippen LogP contribution in [0.15, 0.2) is 59.8 Å². The molecule has 1 amide bonds. The molecule has 0 aliphatic carbocycles. The lowest BCUT2D eigenvalue weighted by atomic mass is 10.0. The Balaban J connectivity index is 1.51. The van der Waals surface area contributed by atoms with Crippen molar-refractivity contribution >= 4 is 21.6 Å². The van der Waals surface area contributed by atoms with Crippen molar-refractivity contribution in [1.82, 2.24) is 14.5 Å². The maximum Gasteiger partial charge on any atom is 0.243 e. The molecule has 1 aromatic heterocycles. The largest absolute Gasteiger partial charge is 0.326 e. The summed E-state index contributed by atoms with van der Waals surface area (Å²) < 4.78 is 43.6. The first-order valence-electron chi connectivity index (χ1n) is 8.63. The zero-order valence-corrected chi connectivity index (χ0v) is 15.5. The minimum absolute atomic E-state index is 0.0228. The minimum atomic E-state index is -4.04. The normalized spacial score (nSPS) is 13.8. The quantitative estimate of drug-likeness (QED) is 0.688. The number of nitrogens with one attached hydrogen (secondary N) is 2. The predicted octanol–water partition coefficient (Wildman–Crippen LogP) is 2.37. The lowest BCUT2D eigenvalue weighted by molar-refractivity contribution is -0.116. The smallest absolute Gasteiger partial charge is 0.243 e. The summed E-state index contributed by atoms with van der Waals surface area (Å²) >= 11 is 0. The molecule has 1 aliphatic rings. The molecular formula is C19H17FN4O3S. The van der Waals surface area contributed by atoms with Gasteiger partial charge in [-0.2, -0.15) is 5.10 Å². The number of benzene rings is 2. The second-order valence-electron chi connectivity index (χ2n) is 6.43. The summed E-state index contributed by atoms with van der Waals surface area (Å²) in [6, 6.07) is 11.3. The van der Waals surface area contributed by atoms with E-state index in [-0.39, 0.29) is 18.9 Å². The molecule has 0 bridgehead atoms. The Morgan fingerprint density at radius 1 is 1.18 bits per heavy atom. The first-order valence-corrected chi connectivity index (χ1v) is 10.1. The first kappa shape index (κ1) is 18.3. The van der Waals surface area contributed by atoms with Crippen LogP contribution >= 0.6 is 0 Å². The predicted molar refractivity (Wildman–Crippen MR) is 101 cm³/mol. The zero-order chi connectivity index (χ0) is 19.7. The number of rotatable bonds is 5. The molecule has 2 heterocycles. The molecule has 0 saturated carbocycles. The zero-order valence-electron chi connectivity index (χ0n) is 14.7. The number of amides is 1. The average Bonchev–Trinajstić information content (AvgIpc) is 3.21. The van der Waals surface area contributed by atoms with E-state index in [0.717, 1.165) is 17.3 Å². The van der Waals surface area contributed by atoms with Gasteiger partial charge >= 0.3 is 0 Å². The van der Waals surface area contributed by atoms with Crippen LogP contribution in [-0.2, 0) is 27.8 Å². The SMILES string of the molecule is O=C1CCc2cc(S(=O)(=O)NCc3ccc(-n4cccn4)cc3)c(F)cc2N1. The summed E-state index contributed by atoms with van der Waals surface area (Å²) in [5.41, 5.74) is 2.50. The van der Waals surface area contributed by atoms with Crippen LogP contribution < -0.4 is 10.0 Å². The van der Waals surface area contributed by atoms with Crippen LogP contribution in [0.2, 0.25) is 0 Å². The van der Waals surface area contributed by atoms with Crippen molar-refractivity contribution in [1.29, 1.82) is 0 Å². The Labute approximate surface area is 161 Å². The highest BCUT2D eigenvalue weighted by atomic mass is 32.2. The Morgan fingerprint density at radius 3 is 2.68 bits per heavy atom. The molecule has 28 heavy (non-hydrogen) atoms. The van der Waals surface area contributed by atoms with Crippen LogP contribution in [0.1, 0.15) is 17.5 Å². The number of carbonyl (C=O) groups is 1. The van der Waals surface area contributed by atoms with E-state index in [1.165, 1.54) is 6.07 Å². The Hall–Kier alpha value is -3.04. The van der Waals surface area contributed by atoms with Gasteiger partial charge in [-0.25, -0.2) is 22.2 Å². The van der Waals surface area contributed by atoms with E-state index in [0.29, 0.717) is 17.7 Å². The van der Waals surface area contributed by atoms with Crippen molar-refractivity contribution in [2.45, 2.75) is 24.3 Å². The van der Waals surface area contributed by atoms with E-state index in [2.05, 4.69) is 15.1 Å². The molecule has 1 aliphatic heterocycles. The number of fused-ring (bicyclic) bond motifs is 1. The van der Waals surface area contributed by atoms with Crippen LogP contribution in [0.25, 0.3) is 5.69 Å². The average molecular weight is 400 g/mol. The number of anilines is 1. The third-order valence-electron chi connectivity index (χ3n) is 4.51. The van der Waals surface area contributed by atoms with Gasteiger partial charge in [-0.1, -0.05) is 12.1 Å². The second kappa shape index (κ2) is 7.17. The maximum atomic E-state index is 14.4. The summed E-state index contributed by atoms with van der Waals surface area (Å²) in [6.07, 6.45) is 4.09. The molecule has 2 N–H and O–H groups in total. The van der Waals surface area contributed by atoms with Gasteiger partial charge in [0, 0.05) is 31.0 Å². The Morgan fingerprint density at radius 2 is 1.96 bits per heavy atom. The molecule has 4 rings (SSSR count). The van der Waals surface area contributed by atoms with Gasteiger partial charge in [-0.3, -0.25) is 4.79 Å². The molecule has 0 unspecified atom stereocenters. The molecule has 0 atom stereocenters. The number of hydrogen-bond donors (Lipinski definition) is 2. The molecule has 0 spiro atoms. The van der Waals surface area contributed by atoms with Crippen LogP contribution in [0.3, 0.4) is 0 Å². The summed E-state index contributed by atoms with van der Waals surface area (Å²) in [5, 5.41) is 6.68. The standard InChI is InChI=1S/C19H17FN4O3S/c20-16-11-17-14(4-7-19(25)23-17)10-18(16)28(26,27)22-12-13-2-5-15(6-3-13)24-9-1-8-21-24/h1-3,5-6,8-11,22H,4,7,12H2,(H,23,25). The van der Waals surface area contributed by atoms with Crippen LogP contribution in [0.5, 0.6) is 0 Å². The third-order valence-corrected chi connectivity index (χ3v) is 5.93. The topological polar surface area (TPSA) is 93.1 Å². The van der Waals surface area contributed by atoms with E-state index in [9.17, 15) is 17.6 Å². The molecule has 3 aromatic rings. The molecule has 2 aromatic carbocycles. The van der Waals surface area contributed by atoms with E-state index in [1.807, 2.05) is 12.1 Å². The highest BCUT2D eigenvalue weighted by Crippen LogP contribution is 2.28. The highest BCUT2D eigenvalue weighted by molar-refractivity contribution is 7.89. The molecule has 0 saturated heterocycles. The van der Waals surface area contributed by atoms with Crippen molar-refractivity contribution in [3.8, 4) is 5.69 Å². The number of aromatic nitrogens is 2. The number of halogens is 1. The summed E-state index contributed by atoms with van der Waals surface area (Å²) in [5.74, 6) is -1.11. The number of aryl methyl sites for hydroxylation is 1. The highest BCUT2D eigenvalue weighted by Gasteiger charge is 2.24. The first-order chi connectivity index (χ1) is 13.4. The van der Waals surface area contributed by atoms with E-state index >= 15 is 0 Å². The fraction of sp³-hybridized carbons (Fsp3) is 0.158. The van der Waals surface area contributed by atoms with Crippen molar-refractivity contribution in [3.05, 3.63) is 71.8 Å². The van der Waals surface area contributed by atoms with E-state index in [4.69, 9.17) is 0 Å². The van der Waals surface area contributed by atoms with Crippen LogP contribution in [-0.4, -0.2) is 24.1 Å². The summed E-state index contributed by atoms with van der Waals surface area (Å²) in [6.45, 7) is 0.0228. The Kier molecular flexibility index (Phi) is 4.70. The van der Waals surface area contributed by atoms with E-state index in [1.54, 1.807) is 35.3 Å². The van der Waals surface area contributed by atoms with Gasteiger partial charge in [-0.15, -0.1) is 0 Å². The number of nitrogens with zero attached hydrogens (tertiary/aromatic N) is 2. The monoisotopic (exact) mass is 400 g/mol. The molecule has 7 nitrogen and oxygen atoms in total. The fourth-order valence-corrected chi connectivity index (χ4v) is 4.15. The van der Waals surface area contributed by atoms with Gasteiger partial charge in [0.2, 0.25) is 15.9 Å². The maximum absolute atomic E-state index is 14.4. The van der Waals surface area contributed by atoms with Crippen molar-refractivity contribution in [3.63, 3.8) is 0 Å². The summed E-state index contributed by atoms with van der Waals surface area (Å²) in [7, 11) is -4.04. The molecular weight excluding hydrogens is 383 g/mol. The van der Waals surface area contributed by atoms with Crippen LogP contribution in [0.4, 0.5) is 10.1 Å². The molecule has 0 radical (unpaired) electrons. The molecule has 9 heteroatoms. The van der Waals surface area contributed by atoms with Gasteiger partial charge in [0.05, 0.1) is 5.69 Å². The number of hydrogen-bond acceptors (Lipinski definition) is 4.